The van der Waals surface area contributed by atoms with Gasteiger partial charge < -0.3 is 14.0 Å². The summed E-state index contributed by atoms with van der Waals surface area (Å²) in [5.41, 5.74) is -1.60. The van der Waals surface area contributed by atoms with E-state index in [0.29, 0.717) is 4.47 Å². The molecule has 0 N–H and O–H groups in total. The predicted octanol–water partition coefficient (Wildman–Crippen LogP) is 4.94. The monoisotopic (exact) mass is 402 g/mol. The molecule has 3 nitrogen and oxygen atoms in total. The highest BCUT2D eigenvalue weighted by Gasteiger charge is 2.53. The molecule has 1 fully saturated rings. The molecule has 7 heteroatoms. The van der Waals surface area contributed by atoms with Crippen molar-refractivity contribution in [3.63, 3.8) is 0 Å². The third kappa shape index (κ3) is 3.90. The van der Waals surface area contributed by atoms with Crippen LogP contribution in [0.4, 0.5) is 8.78 Å². The van der Waals surface area contributed by atoms with E-state index in [2.05, 4.69) is 15.9 Å². The van der Waals surface area contributed by atoms with Crippen LogP contribution in [0.2, 0.25) is 0 Å². The van der Waals surface area contributed by atoms with E-state index in [1.54, 1.807) is 12.1 Å². The average Bonchev–Trinajstić information content (AvgIpc) is 2.71. The Balaban J connectivity index is 2.46. The van der Waals surface area contributed by atoms with Crippen molar-refractivity contribution in [3.05, 3.63) is 39.8 Å². The van der Waals surface area contributed by atoms with Crippen molar-refractivity contribution >= 4 is 28.6 Å². The molecule has 1 saturated heterocycles. The molecule has 0 radical (unpaired) electrons. The summed E-state index contributed by atoms with van der Waals surface area (Å²) in [6.07, 6.45) is 0.208. The molecule has 1 aromatic carbocycles. The second-order valence-electron chi connectivity index (χ2n) is 6.78. The van der Waals surface area contributed by atoms with E-state index >= 15 is 4.39 Å². The van der Waals surface area contributed by atoms with Crippen molar-refractivity contribution in [3.8, 4) is 0 Å². The molecule has 1 aliphatic rings. The Morgan fingerprint density at radius 2 is 1.79 bits per heavy atom. The van der Waals surface area contributed by atoms with Crippen LogP contribution in [0.3, 0.4) is 0 Å². The number of benzene rings is 1. The lowest BCUT2D eigenvalue weighted by molar-refractivity contribution is 0.00578. The van der Waals surface area contributed by atoms with Gasteiger partial charge in [0.2, 0.25) is 0 Å². The second-order valence-corrected chi connectivity index (χ2v) is 7.70. The van der Waals surface area contributed by atoms with Crippen molar-refractivity contribution in [2.45, 2.75) is 45.3 Å². The van der Waals surface area contributed by atoms with Gasteiger partial charge in [-0.25, -0.2) is 8.78 Å². The minimum absolute atomic E-state index is 0.175. The molecule has 0 spiro atoms. The fraction of sp³-hybridized carbons (Fsp3) is 0.529. The predicted molar refractivity (Wildman–Crippen MR) is 94.7 cm³/mol. The van der Waals surface area contributed by atoms with E-state index in [4.69, 9.17) is 14.0 Å². The first-order chi connectivity index (χ1) is 11.1. The number of methoxy groups -OCH3 is 1. The molecule has 0 amide bonds. The average molecular weight is 403 g/mol. The van der Waals surface area contributed by atoms with Gasteiger partial charge in [-0.05, 0) is 57.9 Å². The molecule has 0 bridgehead atoms. The maximum atomic E-state index is 15.2. The summed E-state index contributed by atoms with van der Waals surface area (Å²) >= 11 is 3.30. The minimum Gasteiger partial charge on any atom is -0.398 e. The summed E-state index contributed by atoms with van der Waals surface area (Å²) in [5, 5.41) is 0. The minimum atomic E-state index is -1.17. The Bertz CT molecular complexity index is 631. The van der Waals surface area contributed by atoms with Crippen molar-refractivity contribution in [1.82, 2.24) is 0 Å². The van der Waals surface area contributed by atoms with Crippen molar-refractivity contribution < 1.29 is 22.8 Å². The maximum Gasteiger partial charge on any atom is 0.525 e. The van der Waals surface area contributed by atoms with Crippen LogP contribution in [0.25, 0.3) is 5.57 Å². The van der Waals surface area contributed by atoms with Gasteiger partial charge in [-0.15, -0.1) is 0 Å². The number of ether oxygens (including phenoxy) is 1. The SMILES string of the molecule is COCCC(=C(F)B1OC(C)(C)C(C)(C)O1)c1cc(Br)ccc1F. The smallest absolute Gasteiger partial charge is 0.398 e. The summed E-state index contributed by atoms with van der Waals surface area (Å²) in [7, 11) is 0.349. The Labute approximate surface area is 150 Å². The molecule has 132 valence electrons. The molecule has 1 aliphatic heterocycles. The van der Waals surface area contributed by atoms with Crippen LogP contribution in [0.1, 0.15) is 39.7 Å². The molecule has 0 aliphatic carbocycles. The Morgan fingerprint density at radius 1 is 1.21 bits per heavy atom. The lowest BCUT2D eigenvalue weighted by Crippen LogP contribution is -2.41. The van der Waals surface area contributed by atoms with Gasteiger partial charge in [-0.1, -0.05) is 15.9 Å². The summed E-state index contributed by atoms with van der Waals surface area (Å²) < 4.78 is 46.6. The summed E-state index contributed by atoms with van der Waals surface area (Å²) in [6, 6.07) is 4.41. The zero-order valence-electron chi connectivity index (χ0n) is 14.6. The molecule has 24 heavy (non-hydrogen) atoms. The standard InChI is InChI=1S/C17H22BBrF2O3/c1-16(2)17(3,4)24-18(23-16)15(21)12(8-9-22-5)13-10-11(19)6-7-14(13)20/h6-7,10H,8-9H2,1-5H3. The molecule has 0 saturated carbocycles. The molecular formula is C17H22BBrF2O3. The van der Waals surface area contributed by atoms with E-state index in [9.17, 15) is 4.39 Å². The van der Waals surface area contributed by atoms with Crippen LogP contribution in [-0.4, -0.2) is 32.0 Å². The highest BCUT2D eigenvalue weighted by atomic mass is 79.9. The third-order valence-electron chi connectivity index (χ3n) is 4.56. The first-order valence-corrected chi connectivity index (χ1v) is 8.57. The summed E-state index contributed by atoms with van der Waals surface area (Å²) in [6.45, 7) is 7.63. The first-order valence-electron chi connectivity index (χ1n) is 7.77. The van der Waals surface area contributed by atoms with E-state index in [1.165, 1.54) is 13.2 Å². The van der Waals surface area contributed by atoms with Crippen LogP contribution < -0.4 is 0 Å². The highest BCUT2D eigenvalue weighted by molar-refractivity contribution is 9.10. The van der Waals surface area contributed by atoms with Gasteiger partial charge in [0.15, 0.2) is 0 Å². The molecule has 0 atom stereocenters. The molecule has 2 rings (SSSR count). The topological polar surface area (TPSA) is 27.7 Å². The second kappa shape index (κ2) is 7.24. The van der Waals surface area contributed by atoms with Gasteiger partial charge in [0.1, 0.15) is 11.5 Å². The highest BCUT2D eigenvalue weighted by Crippen LogP contribution is 2.41. The van der Waals surface area contributed by atoms with Crippen molar-refractivity contribution in [2.75, 3.05) is 13.7 Å². The van der Waals surface area contributed by atoms with E-state index in [-0.39, 0.29) is 24.2 Å². The van der Waals surface area contributed by atoms with Gasteiger partial charge >= 0.3 is 7.12 Å². The Hall–Kier alpha value is -0.755. The van der Waals surface area contributed by atoms with Gasteiger partial charge in [0.25, 0.3) is 0 Å². The maximum absolute atomic E-state index is 15.2. The zero-order chi connectivity index (χ0) is 18.1. The molecular weight excluding hydrogens is 381 g/mol. The van der Waals surface area contributed by atoms with Gasteiger partial charge in [-0.2, -0.15) is 0 Å². The number of rotatable bonds is 5. The normalized spacial score (nSPS) is 20.2. The van der Waals surface area contributed by atoms with Gasteiger partial charge in [-0.3, -0.25) is 0 Å². The molecule has 0 aromatic heterocycles. The lowest BCUT2D eigenvalue weighted by Gasteiger charge is -2.32. The van der Waals surface area contributed by atoms with Crippen molar-refractivity contribution in [2.24, 2.45) is 0 Å². The van der Waals surface area contributed by atoms with Crippen LogP contribution in [0.15, 0.2) is 28.4 Å². The molecule has 1 heterocycles. The number of halogens is 3. The summed E-state index contributed by atoms with van der Waals surface area (Å²) in [5.74, 6) is -0.504. The zero-order valence-corrected chi connectivity index (χ0v) is 16.2. The first kappa shape index (κ1) is 19.6. The van der Waals surface area contributed by atoms with E-state index in [0.717, 1.165) is 0 Å². The quantitative estimate of drug-likeness (QED) is 0.653. The van der Waals surface area contributed by atoms with Crippen LogP contribution in [0.5, 0.6) is 0 Å². The van der Waals surface area contributed by atoms with E-state index in [1.807, 2.05) is 27.7 Å². The third-order valence-corrected chi connectivity index (χ3v) is 5.05. The van der Waals surface area contributed by atoms with E-state index < -0.39 is 29.9 Å². The van der Waals surface area contributed by atoms with Crippen LogP contribution in [-0.2, 0) is 14.0 Å². The fourth-order valence-corrected chi connectivity index (χ4v) is 2.77. The lowest BCUT2D eigenvalue weighted by atomic mass is 9.81. The number of hydrogen-bond acceptors (Lipinski definition) is 3. The van der Waals surface area contributed by atoms with Crippen LogP contribution >= 0.6 is 15.9 Å². The molecule has 0 unspecified atom stereocenters. The van der Waals surface area contributed by atoms with Gasteiger partial charge in [0, 0.05) is 17.1 Å². The number of hydrogen-bond donors (Lipinski definition) is 0. The van der Waals surface area contributed by atoms with Crippen molar-refractivity contribution in [1.29, 1.82) is 0 Å². The molecule has 1 aromatic rings. The summed E-state index contributed by atoms with van der Waals surface area (Å²) in [4.78, 5) is 0. The van der Waals surface area contributed by atoms with Crippen LogP contribution in [0, 0.1) is 5.82 Å². The fourth-order valence-electron chi connectivity index (χ4n) is 2.40. The Morgan fingerprint density at radius 3 is 2.33 bits per heavy atom. The largest absolute Gasteiger partial charge is 0.525 e. The van der Waals surface area contributed by atoms with Gasteiger partial charge in [0.05, 0.1) is 17.8 Å². The Kier molecular flexibility index (Phi) is 5.90.